The summed E-state index contributed by atoms with van der Waals surface area (Å²) in [6.45, 7) is 0.445. The number of benzene rings is 2. The molecule has 0 bridgehead atoms. The van der Waals surface area contributed by atoms with Gasteiger partial charge in [-0.15, -0.1) is 0 Å². The van der Waals surface area contributed by atoms with Gasteiger partial charge in [0.25, 0.3) is 11.8 Å². The van der Waals surface area contributed by atoms with Crippen molar-refractivity contribution in [1.82, 2.24) is 9.80 Å². The lowest BCUT2D eigenvalue weighted by molar-refractivity contribution is -0.137. The molecule has 3 amide bonds. The molecule has 0 N–H and O–H groups in total. The number of halogens is 3. The van der Waals surface area contributed by atoms with E-state index in [4.69, 9.17) is 0 Å². The lowest BCUT2D eigenvalue weighted by Crippen LogP contribution is -2.35. The minimum Gasteiger partial charge on any atom is -0.338 e. The van der Waals surface area contributed by atoms with Gasteiger partial charge in [-0.2, -0.15) is 13.2 Å². The lowest BCUT2D eigenvalue weighted by atomic mass is 10.1. The zero-order chi connectivity index (χ0) is 20.8. The summed E-state index contributed by atoms with van der Waals surface area (Å²) in [7, 11) is 0. The molecule has 0 unspecified atom stereocenters. The number of likely N-dealkylation sites (tertiary alicyclic amines) is 1. The molecule has 2 aromatic rings. The second kappa shape index (κ2) is 7.02. The fourth-order valence-corrected chi connectivity index (χ4v) is 3.86. The summed E-state index contributed by atoms with van der Waals surface area (Å²) in [4.78, 5) is 39.9. The SMILES string of the molecule is O=C1C[C@@H](CN2C(=O)c3ccccc3C2=O)CN1Cc1cccc(C(F)(F)F)c1. The van der Waals surface area contributed by atoms with E-state index >= 15 is 0 Å². The van der Waals surface area contributed by atoms with Crippen molar-refractivity contribution < 1.29 is 27.6 Å². The van der Waals surface area contributed by atoms with Crippen molar-refractivity contribution in [2.75, 3.05) is 13.1 Å². The van der Waals surface area contributed by atoms with Crippen LogP contribution in [0.5, 0.6) is 0 Å². The van der Waals surface area contributed by atoms with Crippen LogP contribution >= 0.6 is 0 Å². The Morgan fingerprint density at radius 1 is 0.931 bits per heavy atom. The van der Waals surface area contributed by atoms with Crippen molar-refractivity contribution in [3.05, 3.63) is 70.8 Å². The van der Waals surface area contributed by atoms with Gasteiger partial charge in [0.2, 0.25) is 5.91 Å². The van der Waals surface area contributed by atoms with Gasteiger partial charge in [-0.1, -0.05) is 24.3 Å². The minimum atomic E-state index is -4.45. The number of imide groups is 1. The van der Waals surface area contributed by atoms with E-state index in [1.807, 2.05) is 0 Å². The zero-order valence-electron chi connectivity index (χ0n) is 15.3. The van der Waals surface area contributed by atoms with Crippen LogP contribution in [-0.4, -0.2) is 40.6 Å². The maximum Gasteiger partial charge on any atom is 0.416 e. The monoisotopic (exact) mass is 402 g/mol. The highest BCUT2D eigenvalue weighted by atomic mass is 19.4. The van der Waals surface area contributed by atoms with E-state index in [2.05, 4.69) is 0 Å². The third-order valence-electron chi connectivity index (χ3n) is 5.24. The molecule has 0 spiro atoms. The standard InChI is InChI=1S/C21H17F3N2O3/c22-21(23,24)15-5-3-4-13(8-15)10-25-11-14(9-18(25)27)12-26-19(28)16-6-1-2-7-17(16)20(26)29/h1-8,14H,9-12H2/t14-/m1/s1. The van der Waals surface area contributed by atoms with Crippen molar-refractivity contribution >= 4 is 17.7 Å². The highest BCUT2D eigenvalue weighted by molar-refractivity contribution is 6.21. The lowest BCUT2D eigenvalue weighted by Gasteiger charge is -2.20. The average molecular weight is 402 g/mol. The van der Waals surface area contributed by atoms with Gasteiger partial charge in [-0.05, 0) is 29.8 Å². The number of hydrogen-bond donors (Lipinski definition) is 0. The topological polar surface area (TPSA) is 57.7 Å². The summed E-state index contributed by atoms with van der Waals surface area (Å²) in [5.41, 5.74) is 0.323. The summed E-state index contributed by atoms with van der Waals surface area (Å²) in [6, 6.07) is 11.4. The van der Waals surface area contributed by atoms with Gasteiger partial charge in [-0.3, -0.25) is 19.3 Å². The smallest absolute Gasteiger partial charge is 0.338 e. The van der Waals surface area contributed by atoms with Crippen LogP contribution in [0.25, 0.3) is 0 Å². The molecule has 1 atom stereocenters. The fraction of sp³-hybridized carbons (Fsp3) is 0.286. The molecular weight excluding hydrogens is 385 g/mol. The summed E-state index contributed by atoms with van der Waals surface area (Å²) < 4.78 is 38.7. The largest absolute Gasteiger partial charge is 0.416 e. The van der Waals surface area contributed by atoms with Crippen molar-refractivity contribution in [3.63, 3.8) is 0 Å². The van der Waals surface area contributed by atoms with Gasteiger partial charge >= 0.3 is 6.18 Å². The predicted octanol–water partition coefficient (Wildman–Crippen LogP) is 3.35. The Balaban J connectivity index is 1.43. The quantitative estimate of drug-likeness (QED) is 0.737. The molecular formula is C21H17F3N2O3. The fourth-order valence-electron chi connectivity index (χ4n) is 3.86. The van der Waals surface area contributed by atoms with Crippen LogP contribution in [0.3, 0.4) is 0 Å². The second-order valence-electron chi connectivity index (χ2n) is 7.31. The zero-order valence-corrected chi connectivity index (χ0v) is 15.3. The number of carbonyl (C=O) groups is 3. The van der Waals surface area contributed by atoms with Crippen LogP contribution < -0.4 is 0 Å². The molecule has 150 valence electrons. The first kappa shape index (κ1) is 19.2. The Labute approximate surface area is 164 Å². The molecule has 0 aromatic heterocycles. The van der Waals surface area contributed by atoms with Crippen molar-refractivity contribution in [2.24, 2.45) is 5.92 Å². The molecule has 8 heteroatoms. The van der Waals surface area contributed by atoms with Crippen LogP contribution in [-0.2, 0) is 17.5 Å². The maximum atomic E-state index is 12.9. The van der Waals surface area contributed by atoms with Gasteiger partial charge in [0.1, 0.15) is 0 Å². The third-order valence-corrected chi connectivity index (χ3v) is 5.24. The molecule has 1 fully saturated rings. The highest BCUT2D eigenvalue weighted by Gasteiger charge is 2.39. The number of carbonyl (C=O) groups excluding carboxylic acids is 3. The molecule has 4 rings (SSSR count). The number of rotatable bonds is 4. The van der Waals surface area contributed by atoms with Crippen LogP contribution in [0, 0.1) is 5.92 Å². The number of alkyl halides is 3. The molecule has 5 nitrogen and oxygen atoms in total. The number of nitrogens with zero attached hydrogens (tertiary/aromatic N) is 2. The van der Waals surface area contributed by atoms with E-state index in [0.717, 1.165) is 17.0 Å². The normalized spacial score (nSPS) is 19.3. The number of fused-ring (bicyclic) bond motifs is 1. The molecule has 2 heterocycles. The Morgan fingerprint density at radius 2 is 1.59 bits per heavy atom. The van der Waals surface area contributed by atoms with Crippen LogP contribution in [0.1, 0.15) is 38.3 Å². The van der Waals surface area contributed by atoms with Crippen molar-refractivity contribution in [2.45, 2.75) is 19.1 Å². The number of amides is 3. The molecule has 29 heavy (non-hydrogen) atoms. The highest BCUT2D eigenvalue weighted by Crippen LogP contribution is 2.31. The van der Waals surface area contributed by atoms with E-state index in [-0.39, 0.29) is 49.7 Å². The molecule has 0 aliphatic carbocycles. The Kier molecular flexibility index (Phi) is 4.64. The first-order valence-electron chi connectivity index (χ1n) is 9.13. The molecule has 0 radical (unpaired) electrons. The van der Waals surface area contributed by atoms with Crippen molar-refractivity contribution in [1.29, 1.82) is 0 Å². The van der Waals surface area contributed by atoms with Crippen molar-refractivity contribution in [3.8, 4) is 0 Å². The minimum absolute atomic E-state index is 0.0569. The Morgan fingerprint density at radius 3 is 2.21 bits per heavy atom. The molecule has 1 saturated heterocycles. The first-order valence-corrected chi connectivity index (χ1v) is 9.13. The van der Waals surface area contributed by atoms with Gasteiger partial charge < -0.3 is 4.90 Å². The van der Waals surface area contributed by atoms with Gasteiger partial charge in [0.05, 0.1) is 16.7 Å². The van der Waals surface area contributed by atoms with Crippen LogP contribution in [0.2, 0.25) is 0 Å². The van der Waals surface area contributed by atoms with E-state index in [9.17, 15) is 27.6 Å². The summed E-state index contributed by atoms with van der Waals surface area (Å²) >= 11 is 0. The number of hydrogen-bond acceptors (Lipinski definition) is 3. The Bertz CT molecular complexity index is 968. The van der Waals surface area contributed by atoms with E-state index in [1.165, 1.54) is 11.0 Å². The molecule has 2 aliphatic heterocycles. The predicted molar refractivity (Wildman–Crippen MR) is 96.8 cm³/mol. The van der Waals surface area contributed by atoms with Gasteiger partial charge in [0.15, 0.2) is 0 Å². The molecule has 0 saturated carbocycles. The van der Waals surface area contributed by atoms with Crippen LogP contribution in [0.4, 0.5) is 13.2 Å². The summed E-state index contributed by atoms with van der Waals surface area (Å²) in [5, 5.41) is 0. The van der Waals surface area contributed by atoms with Crippen LogP contribution in [0.15, 0.2) is 48.5 Å². The average Bonchev–Trinajstić information content (AvgIpc) is 3.14. The second-order valence-corrected chi connectivity index (χ2v) is 7.31. The third kappa shape index (κ3) is 3.62. The maximum absolute atomic E-state index is 12.9. The Hall–Kier alpha value is -3.16. The summed E-state index contributed by atoms with van der Waals surface area (Å²) in [5.74, 6) is -1.22. The summed E-state index contributed by atoms with van der Waals surface area (Å²) in [6.07, 6.45) is -4.30. The van der Waals surface area contributed by atoms with Gasteiger partial charge in [-0.25, -0.2) is 0 Å². The molecule has 2 aromatic carbocycles. The first-order chi connectivity index (χ1) is 13.7. The van der Waals surface area contributed by atoms with E-state index in [0.29, 0.717) is 16.7 Å². The van der Waals surface area contributed by atoms with E-state index in [1.54, 1.807) is 30.3 Å². The molecule has 2 aliphatic rings. The van der Waals surface area contributed by atoms with Gasteiger partial charge in [0, 0.05) is 32.0 Å². The van der Waals surface area contributed by atoms with E-state index < -0.39 is 11.7 Å².